The van der Waals surface area contributed by atoms with Gasteiger partial charge in [0.2, 0.25) is 0 Å². The largest absolute Gasteiger partial charge is 0.391 e. The van der Waals surface area contributed by atoms with Crippen molar-refractivity contribution >= 4 is 10.0 Å². The van der Waals surface area contributed by atoms with Gasteiger partial charge in [-0.15, -0.1) is 0 Å². The van der Waals surface area contributed by atoms with Gasteiger partial charge in [-0.3, -0.25) is 5.10 Å². The fourth-order valence-electron chi connectivity index (χ4n) is 0.901. The molecule has 1 aromatic rings. The van der Waals surface area contributed by atoms with Crippen molar-refractivity contribution in [1.29, 1.82) is 0 Å². The summed E-state index contributed by atoms with van der Waals surface area (Å²) in [4.78, 5) is 0. The number of rotatable bonds is 5. The number of aliphatic hydroxyl groups excluding tert-OH is 1. The molecule has 86 valence electrons. The van der Waals surface area contributed by atoms with Crippen LogP contribution < -0.4 is 4.72 Å². The van der Waals surface area contributed by atoms with E-state index in [1.807, 2.05) is 13.8 Å². The molecular formula is C8H15N3O3S. The molecule has 0 saturated heterocycles. The molecule has 0 aliphatic rings. The number of hydrogen-bond donors (Lipinski definition) is 3. The highest BCUT2D eigenvalue weighted by atomic mass is 32.2. The average Bonchev–Trinajstić information content (AvgIpc) is 2.67. The molecule has 7 heteroatoms. The molecule has 0 fully saturated rings. The maximum atomic E-state index is 11.5. The highest BCUT2D eigenvalue weighted by molar-refractivity contribution is 7.89. The second-order valence-electron chi connectivity index (χ2n) is 3.58. The molecule has 0 radical (unpaired) electrons. The Labute approximate surface area is 88.8 Å². The third-order valence-corrected chi connectivity index (χ3v) is 3.37. The highest BCUT2D eigenvalue weighted by Crippen LogP contribution is 2.04. The Balaban J connectivity index is 2.59. The van der Waals surface area contributed by atoms with Gasteiger partial charge in [-0.05, 0) is 12.0 Å². The number of nitrogens with zero attached hydrogens (tertiary/aromatic N) is 1. The summed E-state index contributed by atoms with van der Waals surface area (Å²) in [5.41, 5.74) is 0. The van der Waals surface area contributed by atoms with Crippen molar-refractivity contribution in [3.05, 3.63) is 12.3 Å². The fourth-order valence-corrected chi connectivity index (χ4v) is 1.86. The summed E-state index contributed by atoms with van der Waals surface area (Å²) in [6.07, 6.45) is 0.663. The van der Waals surface area contributed by atoms with E-state index in [4.69, 9.17) is 0 Å². The van der Waals surface area contributed by atoms with Crippen LogP contribution >= 0.6 is 0 Å². The van der Waals surface area contributed by atoms with Crippen LogP contribution in [0.1, 0.15) is 13.8 Å². The maximum absolute atomic E-state index is 11.5. The summed E-state index contributed by atoms with van der Waals surface area (Å²) < 4.78 is 25.3. The SMILES string of the molecule is CC(C)C(O)CNS(=O)(=O)c1ccn[nH]1. The molecule has 1 heterocycles. The van der Waals surface area contributed by atoms with E-state index < -0.39 is 16.1 Å². The monoisotopic (exact) mass is 233 g/mol. The van der Waals surface area contributed by atoms with Crippen LogP contribution in [0.2, 0.25) is 0 Å². The van der Waals surface area contributed by atoms with Crippen molar-refractivity contribution in [3.63, 3.8) is 0 Å². The van der Waals surface area contributed by atoms with Crippen molar-refractivity contribution in [2.24, 2.45) is 5.92 Å². The van der Waals surface area contributed by atoms with E-state index in [0.717, 1.165) is 0 Å². The van der Waals surface area contributed by atoms with Crippen LogP contribution in [-0.2, 0) is 10.0 Å². The molecule has 0 bridgehead atoms. The van der Waals surface area contributed by atoms with Gasteiger partial charge < -0.3 is 5.11 Å². The topological polar surface area (TPSA) is 95.1 Å². The Morgan fingerprint density at radius 2 is 2.27 bits per heavy atom. The molecule has 1 unspecified atom stereocenters. The third-order valence-electron chi connectivity index (χ3n) is 2.02. The van der Waals surface area contributed by atoms with Gasteiger partial charge in [-0.1, -0.05) is 13.8 Å². The van der Waals surface area contributed by atoms with Crippen molar-refractivity contribution in [2.45, 2.75) is 25.0 Å². The number of nitrogens with one attached hydrogen (secondary N) is 2. The molecule has 0 aromatic carbocycles. The predicted octanol–water partition coefficient (Wildman–Crippen LogP) is -0.295. The molecular weight excluding hydrogens is 218 g/mol. The van der Waals surface area contributed by atoms with E-state index >= 15 is 0 Å². The van der Waals surface area contributed by atoms with Crippen LogP contribution in [-0.4, -0.2) is 36.4 Å². The Bertz CT molecular complexity index is 385. The van der Waals surface area contributed by atoms with Gasteiger partial charge in [0, 0.05) is 6.54 Å². The molecule has 3 N–H and O–H groups in total. The van der Waals surface area contributed by atoms with Gasteiger partial charge in [0.1, 0.15) is 0 Å². The third kappa shape index (κ3) is 3.29. The Morgan fingerprint density at radius 1 is 1.60 bits per heavy atom. The second-order valence-corrected chi connectivity index (χ2v) is 5.32. The normalized spacial score (nSPS) is 14.4. The van der Waals surface area contributed by atoms with Crippen molar-refractivity contribution < 1.29 is 13.5 Å². The van der Waals surface area contributed by atoms with E-state index in [1.54, 1.807) is 0 Å². The number of sulfonamides is 1. The number of aliphatic hydroxyl groups is 1. The van der Waals surface area contributed by atoms with E-state index in [2.05, 4.69) is 14.9 Å². The van der Waals surface area contributed by atoms with Crippen LogP contribution in [0.5, 0.6) is 0 Å². The van der Waals surface area contributed by atoms with Gasteiger partial charge in [-0.25, -0.2) is 13.1 Å². The van der Waals surface area contributed by atoms with Crippen LogP contribution in [0.3, 0.4) is 0 Å². The summed E-state index contributed by atoms with van der Waals surface area (Å²) in [6, 6.07) is 1.35. The lowest BCUT2D eigenvalue weighted by molar-refractivity contribution is 0.129. The minimum Gasteiger partial charge on any atom is -0.391 e. The van der Waals surface area contributed by atoms with Crippen molar-refractivity contribution in [3.8, 4) is 0 Å². The van der Waals surface area contributed by atoms with E-state index in [0.29, 0.717) is 0 Å². The Morgan fingerprint density at radius 3 is 2.73 bits per heavy atom. The molecule has 1 atom stereocenters. The van der Waals surface area contributed by atoms with Gasteiger partial charge in [-0.2, -0.15) is 5.10 Å². The summed E-state index contributed by atoms with van der Waals surface area (Å²) in [6.45, 7) is 3.63. The first-order valence-electron chi connectivity index (χ1n) is 4.60. The predicted molar refractivity (Wildman–Crippen MR) is 54.6 cm³/mol. The zero-order chi connectivity index (χ0) is 11.5. The lowest BCUT2D eigenvalue weighted by Crippen LogP contribution is -2.34. The van der Waals surface area contributed by atoms with Gasteiger partial charge in [0.05, 0.1) is 12.3 Å². The molecule has 6 nitrogen and oxygen atoms in total. The van der Waals surface area contributed by atoms with Crippen LogP contribution in [0, 0.1) is 5.92 Å². The number of hydrogen-bond acceptors (Lipinski definition) is 4. The summed E-state index contributed by atoms with van der Waals surface area (Å²) in [7, 11) is -3.57. The average molecular weight is 233 g/mol. The van der Waals surface area contributed by atoms with Gasteiger partial charge in [0.15, 0.2) is 5.03 Å². The maximum Gasteiger partial charge on any atom is 0.257 e. The van der Waals surface area contributed by atoms with Crippen LogP contribution in [0.15, 0.2) is 17.3 Å². The minimum atomic E-state index is -3.57. The zero-order valence-electron chi connectivity index (χ0n) is 8.64. The zero-order valence-corrected chi connectivity index (χ0v) is 9.45. The Kier molecular flexibility index (Phi) is 3.83. The lowest BCUT2D eigenvalue weighted by Gasteiger charge is -2.14. The number of aromatic amines is 1. The first-order chi connectivity index (χ1) is 6.93. The van der Waals surface area contributed by atoms with Crippen molar-refractivity contribution in [2.75, 3.05) is 6.54 Å². The minimum absolute atomic E-state index is 0.000972. The summed E-state index contributed by atoms with van der Waals surface area (Å²) in [5.74, 6) is 0.00877. The van der Waals surface area contributed by atoms with E-state index in [-0.39, 0.29) is 17.5 Å². The van der Waals surface area contributed by atoms with E-state index in [9.17, 15) is 13.5 Å². The molecule has 0 amide bonds. The van der Waals surface area contributed by atoms with Crippen LogP contribution in [0.4, 0.5) is 0 Å². The number of aromatic nitrogens is 2. The fraction of sp³-hybridized carbons (Fsp3) is 0.625. The summed E-state index contributed by atoms with van der Waals surface area (Å²) >= 11 is 0. The smallest absolute Gasteiger partial charge is 0.257 e. The van der Waals surface area contributed by atoms with E-state index in [1.165, 1.54) is 12.3 Å². The molecule has 15 heavy (non-hydrogen) atoms. The van der Waals surface area contributed by atoms with Gasteiger partial charge >= 0.3 is 0 Å². The molecule has 1 aromatic heterocycles. The molecule has 0 aliphatic heterocycles. The quantitative estimate of drug-likeness (QED) is 0.651. The summed E-state index contributed by atoms with van der Waals surface area (Å²) in [5, 5.41) is 15.3. The molecule has 1 rings (SSSR count). The lowest BCUT2D eigenvalue weighted by atomic mass is 10.1. The standard InChI is InChI=1S/C8H15N3O3S/c1-6(2)7(12)5-10-15(13,14)8-3-4-9-11-8/h3-4,6-7,10,12H,5H2,1-2H3,(H,9,11). The number of H-pyrrole nitrogens is 1. The van der Waals surface area contributed by atoms with Crippen LogP contribution in [0.25, 0.3) is 0 Å². The Hall–Kier alpha value is -0.920. The van der Waals surface area contributed by atoms with Gasteiger partial charge in [0.25, 0.3) is 10.0 Å². The second kappa shape index (κ2) is 4.73. The molecule has 0 saturated carbocycles. The molecule has 0 spiro atoms. The highest BCUT2D eigenvalue weighted by Gasteiger charge is 2.18. The van der Waals surface area contributed by atoms with Crippen molar-refractivity contribution in [1.82, 2.24) is 14.9 Å². The molecule has 0 aliphatic carbocycles. The first-order valence-corrected chi connectivity index (χ1v) is 6.09. The first kappa shape index (κ1) is 12.2.